The number of rotatable bonds is 0. The summed E-state index contributed by atoms with van der Waals surface area (Å²) in [5.74, 6) is 0. The minimum atomic E-state index is 0.995. The lowest BCUT2D eigenvalue weighted by Crippen LogP contribution is -1.65. The Kier molecular flexibility index (Phi) is 4.22. The number of hydrogen-bond acceptors (Lipinski definition) is 2. The summed E-state index contributed by atoms with van der Waals surface area (Å²) in [6.45, 7) is 5.92. The van der Waals surface area contributed by atoms with E-state index in [1.807, 2.05) is 27.0 Å². The zero-order chi connectivity index (χ0) is 7.28. The molecule has 0 aliphatic heterocycles. The number of thiol groups is 1. The molecule has 1 aromatic rings. The lowest BCUT2D eigenvalue weighted by Gasteiger charge is -1.76. The molecule has 0 spiro atoms. The molecule has 0 aliphatic rings. The highest BCUT2D eigenvalue weighted by atomic mass is 32.1. The first-order chi connectivity index (χ1) is 4.29. The van der Waals surface area contributed by atoms with Gasteiger partial charge < -0.3 is 0 Å². The quantitative estimate of drug-likeness (QED) is 0.551. The van der Waals surface area contributed by atoms with E-state index in [0.717, 1.165) is 5.69 Å². The third kappa shape index (κ3) is 3.19. The summed E-state index contributed by atoms with van der Waals surface area (Å²) in [5, 5.41) is 0. The van der Waals surface area contributed by atoms with E-state index in [4.69, 9.17) is 0 Å². The molecule has 0 atom stereocenters. The number of hydrogen-bond donors (Lipinski definition) is 1. The van der Waals surface area contributed by atoms with Crippen LogP contribution in [-0.2, 0) is 0 Å². The smallest absolute Gasteiger partial charge is 0.105 e. The summed E-state index contributed by atoms with van der Waals surface area (Å²) < 4.78 is 1.62. The summed E-state index contributed by atoms with van der Waals surface area (Å²) in [7, 11) is 0. The van der Waals surface area contributed by atoms with Crippen molar-refractivity contribution in [2.45, 2.75) is 20.8 Å². The van der Waals surface area contributed by atoms with Crippen molar-refractivity contribution in [3.05, 3.63) is 18.2 Å². The Bertz CT molecular complexity index is 143. The second-order valence-electron chi connectivity index (χ2n) is 1.40. The number of nitrogens with zero attached hydrogens (tertiary/aromatic N) is 2. The van der Waals surface area contributed by atoms with Crippen LogP contribution in [0.4, 0.5) is 0 Å². The first-order valence-electron chi connectivity index (χ1n) is 2.99. The van der Waals surface area contributed by atoms with E-state index in [0.29, 0.717) is 0 Å². The maximum atomic E-state index is 3.96. The number of aromatic nitrogens is 2. The monoisotopic (exact) mass is 144 g/mol. The van der Waals surface area contributed by atoms with Gasteiger partial charge in [0.15, 0.2) is 0 Å². The van der Waals surface area contributed by atoms with Gasteiger partial charge in [0.1, 0.15) is 6.33 Å². The molecule has 3 heteroatoms. The molecule has 1 aromatic heterocycles. The van der Waals surface area contributed by atoms with E-state index in [2.05, 4.69) is 17.8 Å². The second kappa shape index (κ2) is 4.44. The highest BCUT2D eigenvalue weighted by Gasteiger charge is 1.82. The average molecular weight is 144 g/mol. The Morgan fingerprint density at radius 1 is 1.56 bits per heavy atom. The van der Waals surface area contributed by atoms with Crippen LogP contribution in [0, 0.1) is 6.92 Å². The van der Waals surface area contributed by atoms with Gasteiger partial charge in [0, 0.05) is 6.20 Å². The molecular formula is C6H12N2S. The first-order valence-corrected chi connectivity index (χ1v) is 3.39. The molecule has 0 aliphatic carbocycles. The molecule has 0 fully saturated rings. The van der Waals surface area contributed by atoms with Crippen LogP contribution in [0.3, 0.4) is 0 Å². The van der Waals surface area contributed by atoms with Crippen molar-refractivity contribution in [3.63, 3.8) is 0 Å². The Morgan fingerprint density at radius 3 is 2.22 bits per heavy atom. The normalized spacial score (nSPS) is 8.00. The van der Waals surface area contributed by atoms with Crippen LogP contribution in [0.15, 0.2) is 12.5 Å². The van der Waals surface area contributed by atoms with E-state index in [1.54, 1.807) is 10.3 Å². The molecule has 0 saturated heterocycles. The van der Waals surface area contributed by atoms with Crippen LogP contribution >= 0.6 is 12.8 Å². The highest BCUT2D eigenvalue weighted by molar-refractivity contribution is 7.78. The molecule has 9 heavy (non-hydrogen) atoms. The van der Waals surface area contributed by atoms with Crippen molar-refractivity contribution >= 4 is 12.8 Å². The standard InChI is InChI=1S/C4H6N2S.C2H6/c1-4-2-6(7)3-5-4;1-2/h2-3,7H,1H3;1-2H3. The topological polar surface area (TPSA) is 17.8 Å². The third-order valence-corrected chi connectivity index (χ3v) is 0.918. The second-order valence-corrected chi connectivity index (χ2v) is 1.86. The lowest BCUT2D eigenvalue weighted by atomic mass is 10.6. The average Bonchev–Trinajstić information content (AvgIpc) is 2.20. The van der Waals surface area contributed by atoms with Gasteiger partial charge in [0.05, 0.1) is 5.69 Å². The van der Waals surface area contributed by atoms with Crippen molar-refractivity contribution in [3.8, 4) is 0 Å². The molecule has 0 bridgehead atoms. The fraction of sp³-hybridized carbons (Fsp3) is 0.500. The zero-order valence-corrected chi connectivity index (χ0v) is 6.89. The Balaban J connectivity index is 0.000000291. The molecule has 0 radical (unpaired) electrons. The van der Waals surface area contributed by atoms with Crippen LogP contribution < -0.4 is 0 Å². The molecule has 1 heterocycles. The van der Waals surface area contributed by atoms with Crippen molar-refractivity contribution in [1.82, 2.24) is 8.96 Å². The molecule has 1 rings (SSSR count). The van der Waals surface area contributed by atoms with Gasteiger partial charge in [0.25, 0.3) is 0 Å². The van der Waals surface area contributed by atoms with Crippen LogP contribution in [0.25, 0.3) is 0 Å². The predicted molar refractivity (Wildman–Crippen MR) is 42.7 cm³/mol. The molecule has 0 saturated carbocycles. The first kappa shape index (κ1) is 8.56. The maximum absolute atomic E-state index is 3.96. The molecule has 0 unspecified atom stereocenters. The van der Waals surface area contributed by atoms with Gasteiger partial charge in [-0.15, -0.1) is 0 Å². The van der Waals surface area contributed by atoms with Crippen LogP contribution in [0.2, 0.25) is 0 Å². The summed E-state index contributed by atoms with van der Waals surface area (Å²) in [4.78, 5) is 3.90. The minimum absolute atomic E-state index is 0.995. The number of aryl methyl sites for hydroxylation is 1. The molecule has 0 amide bonds. The fourth-order valence-corrected chi connectivity index (χ4v) is 0.627. The molecule has 52 valence electrons. The van der Waals surface area contributed by atoms with E-state index < -0.39 is 0 Å². The zero-order valence-electron chi connectivity index (χ0n) is 6.00. The Hall–Kier alpha value is -0.440. The summed E-state index contributed by atoms with van der Waals surface area (Å²) in [6.07, 6.45) is 3.49. The summed E-state index contributed by atoms with van der Waals surface area (Å²) in [6, 6.07) is 0. The maximum Gasteiger partial charge on any atom is 0.105 e. The van der Waals surface area contributed by atoms with E-state index in [9.17, 15) is 0 Å². The van der Waals surface area contributed by atoms with Gasteiger partial charge in [0.2, 0.25) is 0 Å². The highest BCUT2D eigenvalue weighted by Crippen LogP contribution is 1.92. The van der Waals surface area contributed by atoms with Gasteiger partial charge in [-0.25, -0.2) is 4.98 Å². The van der Waals surface area contributed by atoms with Crippen LogP contribution in [-0.4, -0.2) is 8.96 Å². The van der Waals surface area contributed by atoms with Gasteiger partial charge in [-0.2, -0.15) is 0 Å². The SMILES string of the molecule is CC.Cc1cn(S)cn1. The molecular weight excluding hydrogens is 132 g/mol. The van der Waals surface area contributed by atoms with Gasteiger partial charge in [-0.3, -0.25) is 3.97 Å². The van der Waals surface area contributed by atoms with Crippen LogP contribution in [0.5, 0.6) is 0 Å². The van der Waals surface area contributed by atoms with Gasteiger partial charge >= 0.3 is 0 Å². The summed E-state index contributed by atoms with van der Waals surface area (Å²) in [5.41, 5.74) is 0.995. The van der Waals surface area contributed by atoms with Crippen LogP contribution in [0.1, 0.15) is 19.5 Å². The van der Waals surface area contributed by atoms with Crippen molar-refractivity contribution < 1.29 is 0 Å². The molecule has 0 N–H and O–H groups in total. The van der Waals surface area contributed by atoms with E-state index in [-0.39, 0.29) is 0 Å². The van der Waals surface area contributed by atoms with Crippen molar-refractivity contribution in [1.29, 1.82) is 0 Å². The minimum Gasteiger partial charge on any atom is -0.283 e. The Morgan fingerprint density at radius 2 is 2.11 bits per heavy atom. The van der Waals surface area contributed by atoms with Crippen molar-refractivity contribution in [2.24, 2.45) is 0 Å². The Labute approximate surface area is 61.5 Å². The van der Waals surface area contributed by atoms with E-state index in [1.165, 1.54) is 0 Å². The predicted octanol–water partition coefficient (Wildman–Crippen LogP) is 1.91. The number of imidazole rings is 1. The summed E-state index contributed by atoms with van der Waals surface area (Å²) >= 11 is 3.96. The lowest BCUT2D eigenvalue weighted by molar-refractivity contribution is 1.23. The van der Waals surface area contributed by atoms with E-state index >= 15 is 0 Å². The third-order valence-electron chi connectivity index (χ3n) is 0.699. The van der Waals surface area contributed by atoms with Gasteiger partial charge in [-0.05, 0) is 6.92 Å². The van der Waals surface area contributed by atoms with Gasteiger partial charge in [-0.1, -0.05) is 26.7 Å². The van der Waals surface area contributed by atoms with Crippen molar-refractivity contribution in [2.75, 3.05) is 0 Å². The fourth-order valence-electron chi connectivity index (χ4n) is 0.408. The molecule has 2 nitrogen and oxygen atoms in total. The molecule has 0 aromatic carbocycles. The largest absolute Gasteiger partial charge is 0.283 e.